The normalized spacial score (nSPS) is 9.72. The molecule has 1 aromatic heterocycles. The lowest BCUT2D eigenvalue weighted by molar-refractivity contribution is -0.137. The molecular formula is C13H17N3O2. The molecule has 0 amide bonds. The number of carboxylic acid groups (broad SMARTS) is 1. The fourth-order valence-corrected chi connectivity index (χ4v) is 1.61. The van der Waals surface area contributed by atoms with E-state index in [9.17, 15) is 4.79 Å². The average Bonchev–Trinajstić information content (AvgIpc) is 2.37. The molecule has 96 valence electrons. The largest absolute Gasteiger partial charge is 0.481 e. The van der Waals surface area contributed by atoms with Gasteiger partial charge in [0.15, 0.2) is 0 Å². The van der Waals surface area contributed by atoms with Crippen molar-refractivity contribution in [2.45, 2.75) is 32.1 Å². The number of hydrogen-bond donors (Lipinski definition) is 2. The van der Waals surface area contributed by atoms with Gasteiger partial charge in [0.05, 0.1) is 17.4 Å². The van der Waals surface area contributed by atoms with E-state index in [1.807, 2.05) is 0 Å². The highest BCUT2D eigenvalue weighted by Gasteiger charge is 2.00. The Kier molecular flexibility index (Phi) is 6.26. The Morgan fingerprint density at radius 1 is 1.39 bits per heavy atom. The maximum absolute atomic E-state index is 10.3. The minimum absolute atomic E-state index is 0.245. The van der Waals surface area contributed by atoms with Gasteiger partial charge in [0.25, 0.3) is 0 Å². The summed E-state index contributed by atoms with van der Waals surface area (Å²) in [7, 11) is 0. The van der Waals surface area contributed by atoms with Gasteiger partial charge >= 0.3 is 5.97 Å². The number of nitrogens with zero attached hydrogens (tertiary/aromatic N) is 2. The molecule has 0 unspecified atom stereocenters. The monoisotopic (exact) mass is 247 g/mol. The molecule has 0 aromatic carbocycles. The van der Waals surface area contributed by atoms with Crippen molar-refractivity contribution in [1.82, 2.24) is 4.98 Å². The number of anilines is 1. The van der Waals surface area contributed by atoms with Crippen LogP contribution in [-0.4, -0.2) is 22.6 Å². The zero-order valence-corrected chi connectivity index (χ0v) is 10.2. The number of hydrogen-bond acceptors (Lipinski definition) is 4. The Bertz CT molecular complexity index is 426. The van der Waals surface area contributed by atoms with Gasteiger partial charge in [-0.1, -0.05) is 12.8 Å². The first-order chi connectivity index (χ1) is 8.74. The summed E-state index contributed by atoms with van der Waals surface area (Å²) in [6.07, 6.45) is 7.08. The van der Waals surface area contributed by atoms with Crippen LogP contribution in [0.25, 0.3) is 0 Å². The van der Waals surface area contributed by atoms with Crippen molar-refractivity contribution in [2.75, 3.05) is 11.9 Å². The maximum Gasteiger partial charge on any atom is 0.303 e. The second kappa shape index (κ2) is 8.07. The molecule has 0 aliphatic rings. The van der Waals surface area contributed by atoms with Crippen molar-refractivity contribution >= 4 is 11.7 Å². The van der Waals surface area contributed by atoms with E-state index in [1.165, 1.54) is 0 Å². The van der Waals surface area contributed by atoms with Crippen molar-refractivity contribution in [2.24, 2.45) is 0 Å². The van der Waals surface area contributed by atoms with E-state index >= 15 is 0 Å². The van der Waals surface area contributed by atoms with Gasteiger partial charge in [-0.15, -0.1) is 0 Å². The molecule has 0 radical (unpaired) electrons. The quantitative estimate of drug-likeness (QED) is 0.689. The van der Waals surface area contributed by atoms with E-state index in [2.05, 4.69) is 16.4 Å². The predicted molar refractivity (Wildman–Crippen MR) is 68.2 cm³/mol. The van der Waals surface area contributed by atoms with Crippen LogP contribution in [0.5, 0.6) is 0 Å². The zero-order chi connectivity index (χ0) is 13.2. The first kappa shape index (κ1) is 14.0. The molecule has 1 rings (SSSR count). The lowest BCUT2D eigenvalue weighted by atomic mass is 10.1. The average molecular weight is 247 g/mol. The second-order valence-corrected chi connectivity index (χ2v) is 4.02. The van der Waals surface area contributed by atoms with Crippen molar-refractivity contribution in [1.29, 1.82) is 5.26 Å². The smallest absolute Gasteiger partial charge is 0.303 e. The lowest BCUT2D eigenvalue weighted by Gasteiger charge is -2.06. The number of nitrogens with one attached hydrogen (secondary N) is 1. The van der Waals surface area contributed by atoms with Crippen LogP contribution in [0.2, 0.25) is 0 Å². The molecule has 5 heteroatoms. The Balaban J connectivity index is 2.15. The van der Waals surface area contributed by atoms with Gasteiger partial charge in [-0.05, 0) is 18.9 Å². The highest BCUT2D eigenvalue weighted by molar-refractivity contribution is 5.66. The molecule has 18 heavy (non-hydrogen) atoms. The standard InChI is InChI=1S/C13H17N3O2/c14-9-11-6-8-15-10-12(11)16-7-4-2-1-3-5-13(17)18/h6,8,10,16H,1-5,7H2,(H,17,18). The van der Waals surface area contributed by atoms with Crippen LogP contribution < -0.4 is 5.32 Å². The third-order valence-electron chi connectivity index (χ3n) is 2.57. The highest BCUT2D eigenvalue weighted by Crippen LogP contribution is 2.12. The number of carbonyl (C=O) groups is 1. The van der Waals surface area contributed by atoms with E-state index in [4.69, 9.17) is 10.4 Å². The second-order valence-electron chi connectivity index (χ2n) is 4.02. The summed E-state index contributed by atoms with van der Waals surface area (Å²) in [5.41, 5.74) is 1.35. The number of carboxylic acids is 1. The number of aromatic nitrogens is 1. The van der Waals surface area contributed by atoms with Crippen molar-refractivity contribution < 1.29 is 9.90 Å². The van der Waals surface area contributed by atoms with Crippen molar-refractivity contribution in [3.05, 3.63) is 24.0 Å². The molecular weight excluding hydrogens is 230 g/mol. The van der Waals surface area contributed by atoms with Crippen LogP contribution >= 0.6 is 0 Å². The molecule has 0 saturated heterocycles. The third-order valence-corrected chi connectivity index (χ3v) is 2.57. The van der Waals surface area contributed by atoms with Crippen molar-refractivity contribution in [3.63, 3.8) is 0 Å². The summed E-state index contributed by atoms with van der Waals surface area (Å²) in [6.45, 7) is 0.771. The first-order valence-corrected chi connectivity index (χ1v) is 6.04. The van der Waals surface area contributed by atoms with E-state index in [-0.39, 0.29) is 6.42 Å². The molecule has 0 aliphatic heterocycles. The summed E-state index contributed by atoms with van der Waals surface area (Å²) < 4.78 is 0. The van der Waals surface area contributed by atoms with Crippen LogP contribution in [0.1, 0.15) is 37.7 Å². The minimum Gasteiger partial charge on any atom is -0.481 e. The summed E-state index contributed by atoms with van der Waals surface area (Å²) in [4.78, 5) is 14.3. The van der Waals surface area contributed by atoms with Gasteiger partial charge in [-0.3, -0.25) is 9.78 Å². The lowest BCUT2D eigenvalue weighted by Crippen LogP contribution is -2.03. The van der Waals surface area contributed by atoms with Crippen molar-refractivity contribution in [3.8, 4) is 6.07 Å². The van der Waals surface area contributed by atoms with Gasteiger partial charge in [-0.25, -0.2) is 0 Å². The van der Waals surface area contributed by atoms with Gasteiger partial charge in [0.1, 0.15) is 6.07 Å². The number of pyridine rings is 1. The van der Waals surface area contributed by atoms with E-state index in [1.54, 1.807) is 18.5 Å². The van der Waals surface area contributed by atoms with E-state index in [0.717, 1.165) is 37.9 Å². The van der Waals surface area contributed by atoms with Gasteiger partial charge in [-0.2, -0.15) is 5.26 Å². The Labute approximate surface area is 106 Å². The van der Waals surface area contributed by atoms with Gasteiger partial charge in [0.2, 0.25) is 0 Å². The van der Waals surface area contributed by atoms with E-state index in [0.29, 0.717) is 5.56 Å². The minimum atomic E-state index is -0.734. The number of aliphatic carboxylic acids is 1. The van der Waals surface area contributed by atoms with Crippen LogP contribution in [0, 0.1) is 11.3 Å². The number of unbranched alkanes of at least 4 members (excludes halogenated alkanes) is 3. The summed E-state index contributed by atoms with van der Waals surface area (Å²) >= 11 is 0. The molecule has 0 saturated carbocycles. The number of rotatable bonds is 8. The van der Waals surface area contributed by atoms with Crippen LogP contribution in [-0.2, 0) is 4.79 Å². The van der Waals surface area contributed by atoms with E-state index < -0.39 is 5.97 Å². The SMILES string of the molecule is N#Cc1ccncc1NCCCCCCC(=O)O. The Morgan fingerprint density at radius 3 is 2.89 bits per heavy atom. The molecule has 0 spiro atoms. The third kappa shape index (κ3) is 5.30. The van der Waals surface area contributed by atoms with Crippen LogP contribution in [0.4, 0.5) is 5.69 Å². The molecule has 0 atom stereocenters. The summed E-state index contributed by atoms with van der Waals surface area (Å²) in [6, 6.07) is 3.78. The summed E-state index contributed by atoms with van der Waals surface area (Å²) in [5.74, 6) is -0.734. The fourth-order valence-electron chi connectivity index (χ4n) is 1.61. The molecule has 0 bridgehead atoms. The van der Waals surface area contributed by atoms with Gasteiger partial charge < -0.3 is 10.4 Å². The van der Waals surface area contributed by atoms with Crippen LogP contribution in [0.3, 0.4) is 0 Å². The first-order valence-electron chi connectivity index (χ1n) is 6.04. The topological polar surface area (TPSA) is 86.0 Å². The van der Waals surface area contributed by atoms with Gasteiger partial charge in [0, 0.05) is 19.2 Å². The summed E-state index contributed by atoms with van der Waals surface area (Å²) in [5, 5.41) is 20.5. The molecule has 0 aliphatic carbocycles. The molecule has 1 aromatic rings. The molecule has 5 nitrogen and oxygen atoms in total. The molecule has 1 heterocycles. The highest BCUT2D eigenvalue weighted by atomic mass is 16.4. The maximum atomic E-state index is 10.3. The van der Waals surface area contributed by atoms with Crippen LogP contribution in [0.15, 0.2) is 18.5 Å². The fraction of sp³-hybridized carbons (Fsp3) is 0.462. The molecule has 0 fully saturated rings. The Morgan fingerprint density at radius 2 is 2.17 bits per heavy atom. The zero-order valence-electron chi connectivity index (χ0n) is 10.2. The predicted octanol–water partition coefficient (Wildman–Crippen LogP) is 2.40. The number of nitriles is 1. The Hall–Kier alpha value is -2.09. The molecule has 2 N–H and O–H groups in total.